The topological polar surface area (TPSA) is 26.0 Å². The smallest absolute Gasteiger partial charge is 0.324 e. The predicted octanol–water partition coefficient (Wildman–Crippen LogP) is 3.80. The number of benzene rings is 1. The zero-order chi connectivity index (χ0) is 10.9. The summed E-state index contributed by atoms with van der Waals surface area (Å²) in [7, 11) is 0. The van der Waals surface area contributed by atoms with Gasteiger partial charge in [-0.15, -0.1) is 12.4 Å². The molecular formula is C9H10Cl2F3N. The molecule has 0 spiro atoms. The van der Waals surface area contributed by atoms with Crippen LogP contribution < -0.4 is 5.73 Å². The van der Waals surface area contributed by atoms with Crippen molar-refractivity contribution in [3.8, 4) is 0 Å². The lowest BCUT2D eigenvalue weighted by Crippen LogP contribution is -2.09. The lowest BCUT2D eigenvalue weighted by Gasteiger charge is -2.11. The predicted molar refractivity (Wildman–Crippen MR) is 56.3 cm³/mol. The zero-order valence-electron chi connectivity index (χ0n) is 7.81. The van der Waals surface area contributed by atoms with Gasteiger partial charge in [0.2, 0.25) is 0 Å². The van der Waals surface area contributed by atoms with E-state index in [9.17, 15) is 13.2 Å². The molecule has 1 nitrogen and oxygen atoms in total. The van der Waals surface area contributed by atoms with E-state index >= 15 is 0 Å². The number of hydrogen-bond acceptors (Lipinski definition) is 1. The molecule has 0 aromatic heterocycles. The maximum atomic E-state index is 12.3. The molecule has 0 aliphatic heterocycles. The summed E-state index contributed by atoms with van der Waals surface area (Å²) in [5, 5.41) is -0.313. The Bertz CT molecular complexity index is 337. The van der Waals surface area contributed by atoms with Crippen molar-refractivity contribution in [1.82, 2.24) is 0 Å². The van der Waals surface area contributed by atoms with Gasteiger partial charge in [-0.3, -0.25) is 0 Å². The standard InChI is InChI=1S/C9H9ClF3N.ClH/c1-5(14)6-2-3-7(8(10)4-6)9(11,12)13;/h2-5H,14H2,1H3;1H/t5-;/m0./s1. The molecule has 15 heavy (non-hydrogen) atoms. The second kappa shape index (κ2) is 5.05. The molecule has 1 rings (SSSR count). The van der Waals surface area contributed by atoms with Crippen LogP contribution in [0.4, 0.5) is 13.2 Å². The third-order valence-electron chi connectivity index (χ3n) is 1.82. The van der Waals surface area contributed by atoms with Gasteiger partial charge in [-0.2, -0.15) is 13.2 Å². The summed E-state index contributed by atoms with van der Waals surface area (Å²) in [6.45, 7) is 1.68. The summed E-state index contributed by atoms with van der Waals surface area (Å²) >= 11 is 5.48. The Balaban J connectivity index is 0.00000196. The molecule has 1 aromatic carbocycles. The Labute approximate surface area is 96.8 Å². The molecule has 6 heteroatoms. The maximum Gasteiger partial charge on any atom is 0.417 e. The monoisotopic (exact) mass is 259 g/mol. The molecule has 2 N–H and O–H groups in total. The van der Waals surface area contributed by atoms with Crippen molar-refractivity contribution >= 4 is 24.0 Å². The molecule has 0 heterocycles. The molecule has 0 aliphatic carbocycles. The van der Waals surface area contributed by atoms with Crippen molar-refractivity contribution in [3.05, 3.63) is 34.3 Å². The molecule has 1 aromatic rings. The van der Waals surface area contributed by atoms with E-state index in [2.05, 4.69) is 0 Å². The van der Waals surface area contributed by atoms with E-state index in [-0.39, 0.29) is 23.5 Å². The molecule has 0 aliphatic rings. The molecule has 0 fully saturated rings. The van der Waals surface area contributed by atoms with Crippen molar-refractivity contribution in [1.29, 1.82) is 0 Å². The van der Waals surface area contributed by atoms with Gasteiger partial charge in [0.15, 0.2) is 0 Å². The van der Waals surface area contributed by atoms with Gasteiger partial charge in [0.1, 0.15) is 0 Å². The molecule has 0 saturated heterocycles. The second-order valence-corrected chi connectivity index (χ2v) is 3.43. The molecule has 0 radical (unpaired) electrons. The van der Waals surface area contributed by atoms with Crippen molar-refractivity contribution in [2.75, 3.05) is 0 Å². The fourth-order valence-electron chi connectivity index (χ4n) is 1.04. The van der Waals surface area contributed by atoms with E-state index in [0.717, 1.165) is 6.07 Å². The Morgan fingerprint density at radius 3 is 2.20 bits per heavy atom. The first-order chi connectivity index (χ1) is 6.32. The molecule has 0 unspecified atom stereocenters. The van der Waals surface area contributed by atoms with E-state index in [0.29, 0.717) is 5.56 Å². The van der Waals surface area contributed by atoms with Gasteiger partial charge >= 0.3 is 6.18 Å². The summed E-state index contributed by atoms with van der Waals surface area (Å²) < 4.78 is 36.8. The fraction of sp³-hybridized carbons (Fsp3) is 0.333. The maximum absolute atomic E-state index is 12.3. The average Bonchev–Trinajstić information content (AvgIpc) is 2.01. The van der Waals surface area contributed by atoms with E-state index in [1.807, 2.05) is 0 Å². The molecule has 0 saturated carbocycles. The summed E-state index contributed by atoms with van der Waals surface area (Å²) in [5.74, 6) is 0. The SMILES string of the molecule is C[C@H](N)c1ccc(C(F)(F)F)c(Cl)c1.Cl. The van der Waals surface area contributed by atoms with Gasteiger partial charge in [-0.25, -0.2) is 0 Å². The third-order valence-corrected chi connectivity index (χ3v) is 2.14. The van der Waals surface area contributed by atoms with Gasteiger partial charge in [0.25, 0.3) is 0 Å². The minimum absolute atomic E-state index is 0. The van der Waals surface area contributed by atoms with Crippen LogP contribution in [0.1, 0.15) is 24.1 Å². The summed E-state index contributed by atoms with van der Waals surface area (Å²) in [6, 6.07) is 3.20. The number of alkyl halides is 3. The highest BCUT2D eigenvalue weighted by Gasteiger charge is 2.33. The van der Waals surface area contributed by atoms with Gasteiger partial charge in [0, 0.05) is 6.04 Å². The number of rotatable bonds is 1. The van der Waals surface area contributed by atoms with Gasteiger partial charge in [-0.05, 0) is 24.6 Å². The molecule has 0 bridgehead atoms. The lowest BCUT2D eigenvalue weighted by molar-refractivity contribution is -0.137. The van der Waals surface area contributed by atoms with Crippen molar-refractivity contribution < 1.29 is 13.2 Å². The van der Waals surface area contributed by atoms with Gasteiger partial charge in [-0.1, -0.05) is 17.7 Å². The second-order valence-electron chi connectivity index (χ2n) is 3.03. The largest absolute Gasteiger partial charge is 0.417 e. The highest BCUT2D eigenvalue weighted by atomic mass is 35.5. The van der Waals surface area contributed by atoms with Crippen LogP contribution in [0, 0.1) is 0 Å². The minimum Gasteiger partial charge on any atom is -0.324 e. The fourth-order valence-corrected chi connectivity index (χ4v) is 1.34. The highest BCUT2D eigenvalue weighted by molar-refractivity contribution is 6.31. The Morgan fingerprint density at radius 1 is 1.33 bits per heavy atom. The first kappa shape index (κ1) is 14.5. The number of halogens is 5. The van der Waals surface area contributed by atoms with Crippen molar-refractivity contribution in [2.24, 2.45) is 5.73 Å². The molecular weight excluding hydrogens is 250 g/mol. The first-order valence-electron chi connectivity index (χ1n) is 3.94. The summed E-state index contributed by atoms with van der Waals surface area (Å²) in [5.41, 5.74) is 5.26. The number of hydrogen-bond donors (Lipinski definition) is 1. The average molecular weight is 260 g/mol. The third kappa shape index (κ3) is 3.55. The van der Waals surface area contributed by atoms with Crippen LogP contribution in [0.25, 0.3) is 0 Å². The van der Waals surface area contributed by atoms with Crippen LogP contribution in [0.5, 0.6) is 0 Å². The quantitative estimate of drug-likeness (QED) is 0.816. The molecule has 0 amide bonds. The lowest BCUT2D eigenvalue weighted by atomic mass is 10.1. The van der Waals surface area contributed by atoms with E-state index in [1.54, 1.807) is 6.92 Å². The van der Waals surface area contributed by atoms with Crippen LogP contribution in [-0.2, 0) is 6.18 Å². The normalized spacial score (nSPS) is 13.2. The van der Waals surface area contributed by atoms with E-state index in [1.165, 1.54) is 12.1 Å². The minimum atomic E-state index is -4.41. The molecule has 1 atom stereocenters. The number of nitrogens with two attached hydrogens (primary N) is 1. The van der Waals surface area contributed by atoms with Gasteiger partial charge in [0.05, 0.1) is 10.6 Å². The van der Waals surface area contributed by atoms with Crippen LogP contribution >= 0.6 is 24.0 Å². The van der Waals surface area contributed by atoms with Crippen LogP contribution in [0.2, 0.25) is 5.02 Å². The van der Waals surface area contributed by atoms with Gasteiger partial charge < -0.3 is 5.73 Å². The van der Waals surface area contributed by atoms with Crippen molar-refractivity contribution in [2.45, 2.75) is 19.1 Å². The van der Waals surface area contributed by atoms with Crippen LogP contribution in [0.3, 0.4) is 0 Å². The Morgan fingerprint density at radius 2 is 1.87 bits per heavy atom. The summed E-state index contributed by atoms with van der Waals surface area (Å²) in [6.07, 6.45) is -4.41. The zero-order valence-corrected chi connectivity index (χ0v) is 9.38. The first-order valence-corrected chi connectivity index (χ1v) is 4.32. The highest BCUT2D eigenvalue weighted by Crippen LogP contribution is 2.35. The van der Waals surface area contributed by atoms with Crippen LogP contribution in [0.15, 0.2) is 18.2 Å². The molecule has 86 valence electrons. The Kier molecular flexibility index (Phi) is 4.90. The summed E-state index contributed by atoms with van der Waals surface area (Å²) in [4.78, 5) is 0. The van der Waals surface area contributed by atoms with Crippen LogP contribution in [-0.4, -0.2) is 0 Å². The Hall–Kier alpha value is -0.450. The van der Waals surface area contributed by atoms with E-state index < -0.39 is 11.7 Å². The van der Waals surface area contributed by atoms with E-state index in [4.69, 9.17) is 17.3 Å². The van der Waals surface area contributed by atoms with Crippen molar-refractivity contribution in [3.63, 3.8) is 0 Å².